The third-order valence-electron chi connectivity index (χ3n) is 2.29. The molecule has 4 heteroatoms. The van der Waals surface area contributed by atoms with Gasteiger partial charge in [0.25, 0.3) is 5.56 Å². The monoisotopic (exact) mass is 266 g/mol. The maximum absolute atomic E-state index is 11.8. The Labute approximate surface area is 95.9 Å². The van der Waals surface area contributed by atoms with Gasteiger partial charge >= 0.3 is 0 Å². The summed E-state index contributed by atoms with van der Waals surface area (Å²) >= 11 is 3.25. The summed E-state index contributed by atoms with van der Waals surface area (Å²) < 4.78 is 2.11. The Morgan fingerprint density at radius 2 is 1.80 bits per heavy atom. The summed E-state index contributed by atoms with van der Waals surface area (Å²) in [4.78, 5) is 11.8. The first-order valence-electron chi connectivity index (χ1n) is 4.64. The molecule has 0 saturated heterocycles. The van der Waals surface area contributed by atoms with Crippen LogP contribution in [0.5, 0.6) is 0 Å². The molecule has 2 aromatic rings. The van der Waals surface area contributed by atoms with E-state index in [1.54, 1.807) is 0 Å². The first-order valence-corrected chi connectivity index (χ1v) is 5.43. The van der Waals surface area contributed by atoms with Gasteiger partial charge in [-0.1, -0.05) is 17.7 Å². The fourth-order valence-corrected chi connectivity index (χ4v) is 1.67. The van der Waals surface area contributed by atoms with E-state index >= 15 is 0 Å². The van der Waals surface area contributed by atoms with Crippen LogP contribution in [0.3, 0.4) is 0 Å². The number of benzene rings is 1. The average Bonchev–Trinajstić information content (AvgIpc) is 2.47. The van der Waals surface area contributed by atoms with Crippen LogP contribution >= 0.6 is 15.9 Å². The van der Waals surface area contributed by atoms with Crippen LogP contribution in [-0.2, 0) is 0 Å². The molecule has 0 aliphatic rings. The van der Waals surface area contributed by atoms with Crippen molar-refractivity contribution in [3.8, 4) is 5.69 Å². The first-order chi connectivity index (χ1) is 7.09. The van der Waals surface area contributed by atoms with Crippen LogP contribution < -0.4 is 5.56 Å². The van der Waals surface area contributed by atoms with Crippen molar-refractivity contribution >= 4 is 15.9 Å². The number of aromatic amines is 1. The summed E-state index contributed by atoms with van der Waals surface area (Å²) in [5.41, 5.74) is 2.80. The highest BCUT2D eigenvalue weighted by atomic mass is 79.9. The smallest absolute Gasteiger partial charge is 0.285 e. The molecule has 0 saturated carbocycles. The predicted octanol–water partition coefficient (Wildman–Crippen LogP) is 2.54. The van der Waals surface area contributed by atoms with E-state index in [1.165, 1.54) is 10.2 Å². The fourth-order valence-electron chi connectivity index (χ4n) is 1.40. The van der Waals surface area contributed by atoms with Crippen molar-refractivity contribution < 1.29 is 0 Å². The highest BCUT2D eigenvalue weighted by Crippen LogP contribution is 2.12. The number of aromatic nitrogens is 2. The Morgan fingerprint density at radius 3 is 2.27 bits per heavy atom. The quantitative estimate of drug-likeness (QED) is 0.847. The topological polar surface area (TPSA) is 37.8 Å². The number of hydrogen-bond donors (Lipinski definition) is 1. The molecule has 0 amide bonds. The molecule has 0 atom stereocenters. The lowest BCUT2D eigenvalue weighted by Gasteiger charge is -2.01. The van der Waals surface area contributed by atoms with Gasteiger partial charge in [0.05, 0.1) is 5.69 Å². The average molecular weight is 267 g/mol. The highest BCUT2D eigenvalue weighted by molar-refractivity contribution is 9.10. The van der Waals surface area contributed by atoms with Crippen LogP contribution in [0.4, 0.5) is 0 Å². The number of aryl methyl sites for hydroxylation is 2. The number of hydrogen-bond acceptors (Lipinski definition) is 1. The van der Waals surface area contributed by atoms with Gasteiger partial charge in [0, 0.05) is 5.69 Å². The molecule has 78 valence electrons. The summed E-state index contributed by atoms with van der Waals surface area (Å²) in [6.07, 6.45) is 0. The highest BCUT2D eigenvalue weighted by Gasteiger charge is 2.08. The van der Waals surface area contributed by atoms with E-state index in [0.29, 0.717) is 4.47 Å². The van der Waals surface area contributed by atoms with Crippen molar-refractivity contribution in [3.05, 3.63) is 50.3 Å². The Morgan fingerprint density at radius 1 is 1.20 bits per heavy atom. The van der Waals surface area contributed by atoms with E-state index in [2.05, 4.69) is 21.0 Å². The first kappa shape index (κ1) is 10.2. The molecule has 1 N–H and O–H groups in total. The maximum atomic E-state index is 11.8. The summed E-state index contributed by atoms with van der Waals surface area (Å²) in [5, 5.41) is 3.01. The molecule has 0 aliphatic heterocycles. The molecule has 2 rings (SSSR count). The molecule has 0 spiro atoms. The Bertz CT molecular complexity index is 537. The molecular formula is C11H11BrN2O. The number of nitrogens with one attached hydrogen (secondary N) is 1. The van der Waals surface area contributed by atoms with Crippen molar-refractivity contribution in [2.45, 2.75) is 13.8 Å². The van der Waals surface area contributed by atoms with Gasteiger partial charge in [0.1, 0.15) is 4.47 Å². The number of rotatable bonds is 1. The van der Waals surface area contributed by atoms with Gasteiger partial charge in [-0.3, -0.25) is 9.89 Å². The van der Waals surface area contributed by atoms with Gasteiger partial charge < -0.3 is 0 Å². The van der Waals surface area contributed by atoms with E-state index in [4.69, 9.17) is 0 Å². The lowest BCUT2D eigenvalue weighted by atomic mass is 10.2. The van der Waals surface area contributed by atoms with Gasteiger partial charge in [0.15, 0.2) is 0 Å². The van der Waals surface area contributed by atoms with Crippen LogP contribution in [-0.4, -0.2) is 9.78 Å². The minimum atomic E-state index is -0.0589. The van der Waals surface area contributed by atoms with E-state index in [1.807, 2.05) is 38.1 Å². The zero-order valence-corrected chi connectivity index (χ0v) is 10.1. The number of nitrogens with zero attached hydrogens (tertiary/aromatic N) is 1. The molecule has 1 heterocycles. The van der Waals surface area contributed by atoms with Crippen LogP contribution in [0.15, 0.2) is 33.5 Å². The third-order valence-corrected chi connectivity index (χ3v) is 3.23. The van der Waals surface area contributed by atoms with Crippen LogP contribution in [0.1, 0.15) is 11.3 Å². The Hall–Kier alpha value is -1.29. The van der Waals surface area contributed by atoms with E-state index in [9.17, 15) is 4.79 Å². The lowest BCUT2D eigenvalue weighted by molar-refractivity contribution is 0.835. The van der Waals surface area contributed by atoms with Gasteiger partial charge in [0.2, 0.25) is 0 Å². The molecule has 0 unspecified atom stereocenters. The van der Waals surface area contributed by atoms with Crippen LogP contribution in [0.25, 0.3) is 5.69 Å². The van der Waals surface area contributed by atoms with Gasteiger partial charge in [-0.05, 0) is 41.9 Å². The molecule has 0 aliphatic carbocycles. The molecule has 1 aromatic heterocycles. The van der Waals surface area contributed by atoms with Crippen molar-refractivity contribution in [3.63, 3.8) is 0 Å². The summed E-state index contributed by atoms with van der Waals surface area (Å²) in [6.45, 7) is 3.87. The van der Waals surface area contributed by atoms with Crippen LogP contribution in [0.2, 0.25) is 0 Å². The normalized spacial score (nSPS) is 10.6. The van der Waals surface area contributed by atoms with Crippen molar-refractivity contribution in [2.75, 3.05) is 0 Å². The third kappa shape index (κ3) is 1.77. The van der Waals surface area contributed by atoms with Crippen molar-refractivity contribution in [1.82, 2.24) is 9.78 Å². The maximum Gasteiger partial charge on any atom is 0.285 e. The molecule has 15 heavy (non-hydrogen) atoms. The molecule has 3 nitrogen and oxygen atoms in total. The second-order valence-electron chi connectivity index (χ2n) is 3.53. The predicted molar refractivity (Wildman–Crippen MR) is 63.6 cm³/mol. The summed E-state index contributed by atoms with van der Waals surface area (Å²) in [7, 11) is 0. The Balaban J connectivity index is 2.59. The second kappa shape index (κ2) is 3.70. The van der Waals surface area contributed by atoms with E-state index in [-0.39, 0.29) is 5.56 Å². The lowest BCUT2D eigenvalue weighted by Crippen LogP contribution is -2.14. The van der Waals surface area contributed by atoms with Gasteiger partial charge in [-0.2, -0.15) is 0 Å². The zero-order chi connectivity index (χ0) is 11.0. The largest absolute Gasteiger partial charge is 0.294 e. The number of halogens is 1. The molecule has 0 bridgehead atoms. The second-order valence-corrected chi connectivity index (χ2v) is 4.32. The Kier molecular flexibility index (Phi) is 2.52. The summed E-state index contributed by atoms with van der Waals surface area (Å²) in [6, 6.07) is 7.79. The van der Waals surface area contributed by atoms with E-state index < -0.39 is 0 Å². The molecule has 0 fully saturated rings. The molecule has 0 radical (unpaired) electrons. The SMILES string of the molecule is Cc1ccc(-n2[nH]c(C)c(Br)c2=O)cc1. The van der Waals surface area contributed by atoms with Gasteiger partial charge in [-0.15, -0.1) is 0 Å². The standard InChI is InChI=1S/C11H11BrN2O/c1-7-3-5-9(6-4-7)14-11(15)10(12)8(2)13-14/h3-6,13H,1-2H3. The zero-order valence-electron chi connectivity index (χ0n) is 8.54. The van der Waals surface area contributed by atoms with Crippen molar-refractivity contribution in [2.24, 2.45) is 0 Å². The number of H-pyrrole nitrogens is 1. The minimum Gasteiger partial charge on any atom is -0.294 e. The minimum absolute atomic E-state index is 0.0589. The van der Waals surface area contributed by atoms with Crippen LogP contribution in [0, 0.1) is 13.8 Å². The fraction of sp³-hybridized carbons (Fsp3) is 0.182. The van der Waals surface area contributed by atoms with Crippen molar-refractivity contribution in [1.29, 1.82) is 0 Å². The molecular weight excluding hydrogens is 256 g/mol. The van der Waals surface area contributed by atoms with Gasteiger partial charge in [-0.25, -0.2) is 4.68 Å². The van der Waals surface area contributed by atoms with E-state index in [0.717, 1.165) is 11.4 Å². The summed E-state index contributed by atoms with van der Waals surface area (Å²) in [5.74, 6) is 0. The molecule has 1 aromatic carbocycles.